The summed E-state index contributed by atoms with van der Waals surface area (Å²) in [5.74, 6) is 0. The van der Waals surface area contributed by atoms with Gasteiger partial charge in [-0.2, -0.15) is 24.3 Å². The summed E-state index contributed by atoms with van der Waals surface area (Å²) in [7, 11) is 0. The van der Waals surface area contributed by atoms with E-state index in [0.717, 1.165) is 0 Å². The van der Waals surface area contributed by atoms with Gasteiger partial charge in [-0.3, -0.25) is 0 Å². The minimum Gasteiger partial charge on any atom is -1.00 e. The average Bonchev–Trinajstić information content (AvgIpc) is 4.18. The molecule has 0 aliphatic rings. The maximum absolute atomic E-state index is 2.31. The van der Waals surface area contributed by atoms with E-state index in [4.69, 9.17) is 0 Å². The molecule has 0 fully saturated rings. The zero-order valence-electron chi connectivity index (χ0n) is 43.8. The third kappa shape index (κ3) is 17.2. The predicted molar refractivity (Wildman–Crippen MR) is 314 cm³/mol. The molecule has 6 heteroatoms. The van der Waals surface area contributed by atoms with Crippen LogP contribution in [0.15, 0.2) is 243 Å². The Balaban J connectivity index is 0.000000173. The largest absolute Gasteiger partial charge is 1.00 e. The Morgan fingerprint density at radius 1 is 0.270 bits per heavy atom. The first-order valence-electron chi connectivity index (χ1n) is 24.7. The van der Waals surface area contributed by atoms with Crippen LogP contribution in [0.3, 0.4) is 0 Å². The van der Waals surface area contributed by atoms with Crippen molar-refractivity contribution in [1.82, 2.24) is 0 Å². The van der Waals surface area contributed by atoms with E-state index in [1.54, 1.807) is 46.7 Å². The van der Waals surface area contributed by atoms with Gasteiger partial charge in [0.05, 0.1) is 0 Å². The van der Waals surface area contributed by atoms with Gasteiger partial charge in [-0.05, 0) is 22.3 Å². The summed E-state index contributed by atoms with van der Waals surface area (Å²) in [5.41, 5.74) is 16.2. The molecule has 12 aromatic carbocycles. The van der Waals surface area contributed by atoms with Crippen LogP contribution in [0.4, 0.5) is 0 Å². The minimum atomic E-state index is 0. The van der Waals surface area contributed by atoms with Crippen LogP contribution >= 0.6 is 0 Å². The van der Waals surface area contributed by atoms with Crippen molar-refractivity contribution in [3.63, 3.8) is 0 Å². The van der Waals surface area contributed by atoms with Crippen LogP contribution in [0.25, 0.3) is 87.6 Å². The quantitative estimate of drug-likeness (QED) is 0.122. The van der Waals surface area contributed by atoms with Crippen molar-refractivity contribution in [2.24, 2.45) is 0 Å². The molecule has 0 aliphatic carbocycles. The van der Waals surface area contributed by atoms with Gasteiger partial charge < -0.3 is 34.0 Å². The maximum Gasteiger partial charge on any atom is -0.0279 e. The molecule has 0 aliphatic heterocycles. The topological polar surface area (TPSA) is 0 Å². The van der Waals surface area contributed by atoms with Crippen molar-refractivity contribution in [2.45, 2.75) is 53.9 Å². The summed E-state index contributed by atoms with van der Waals surface area (Å²) in [6.07, 6.45) is 0. The van der Waals surface area contributed by atoms with E-state index >= 15 is 0 Å². The Kier molecular flexibility index (Phi) is 24.6. The van der Waals surface area contributed by atoms with Crippen LogP contribution in [0.5, 0.6) is 0 Å². The number of benzene rings is 8. The average molecular weight is 1280 g/mol. The van der Waals surface area contributed by atoms with Crippen molar-refractivity contribution in [2.75, 3.05) is 0 Å². The Labute approximate surface area is 492 Å². The molecule has 0 heterocycles. The predicted octanol–water partition coefficient (Wildman–Crippen LogP) is 13.7. The first-order chi connectivity index (χ1) is 34.8. The van der Waals surface area contributed by atoms with Crippen LogP contribution in [0.2, 0.25) is 26.2 Å². The smallest absolute Gasteiger partial charge is 0.0279 e. The van der Waals surface area contributed by atoms with Gasteiger partial charge in [-0.1, -0.05) is 196 Å². The molecule has 12 rings (SSSR count). The van der Waals surface area contributed by atoms with Crippen LogP contribution < -0.4 is 34.0 Å². The second-order valence-corrected chi connectivity index (χ2v) is 37.6. The van der Waals surface area contributed by atoms with Crippen LogP contribution in [0, 0.1) is 27.7 Å². The van der Waals surface area contributed by atoms with Gasteiger partial charge in [0.25, 0.3) is 0 Å². The number of rotatable bonds is 4. The minimum absolute atomic E-state index is 0. The standard InChI is InChI=1S/4C16H13.2C2H6Si.2BrH.2Zr/c4*1-12-10-14-8-5-9-15(16(14)11-12)13-6-3-2-4-7-13;2*1-3-2;;;;/h4*2-11H,1H3;2*1-2H3;2*1H;;/q4*-1;;;;;2*+2/p-2. The summed E-state index contributed by atoms with van der Waals surface area (Å²) in [6.45, 7) is 17.8. The molecule has 0 nitrogen and oxygen atoms in total. The second kappa shape index (κ2) is 30.2. The molecule has 0 radical (unpaired) electrons. The van der Waals surface area contributed by atoms with Crippen LogP contribution in [-0.4, -0.2) is 10.9 Å². The summed E-state index contributed by atoms with van der Waals surface area (Å²) >= 11 is 3.48. The summed E-state index contributed by atoms with van der Waals surface area (Å²) < 4.78 is 0. The molecule has 0 bridgehead atoms. The fourth-order valence-corrected chi connectivity index (χ4v) is 9.02. The van der Waals surface area contributed by atoms with E-state index in [9.17, 15) is 0 Å². The third-order valence-electron chi connectivity index (χ3n) is 11.9. The first kappa shape index (κ1) is 60.2. The molecule has 12 aromatic rings. The number of hydrogen-bond acceptors (Lipinski definition) is 0. The molecule has 74 heavy (non-hydrogen) atoms. The van der Waals surface area contributed by atoms with E-state index in [1.165, 1.54) is 110 Å². The summed E-state index contributed by atoms with van der Waals surface area (Å²) in [6, 6.07) is 86.2. The molecular formula is C68H64Br2Si2Zr2-2. The molecule has 0 unspecified atom stereocenters. The van der Waals surface area contributed by atoms with E-state index in [-0.39, 0.29) is 44.8 Å². The van der Waals surface area contributed by atoms with E-state index in [1.807, 2.05) is 0 Å². The van der Waals surface area contributed by atoms with Crippen LogP contribution in [-0.2, 0) is 46.7 Å². The molecule has 0 N–H and O–H groups in total. The Hall–Kier alpha value is -4.64. The molecule has 0 spiro atoms. The van der Waals surface area contributed by atoms with Gasteiger partial charge in [0.2, 0.25) is 0 Å². The first-order valence-corrected chi connectivity index (χ1v) is 37.1. The van der Waals surface area contributed by atoms with E-state index < -0.39 is 0 Å². The van der Waals surface area contributed by atoms with Crippen LogP contribution in [0.1, 0.15) is 22.3 Å². The van der Waals surface area contributed by atoms with Crippen molar-refractivity contribution >= 4 is 54.0 Å². The van der Waals surface area contributed by atoms with E-state index in [0.29, 0.717) is 0 Å². The SMILES string of the molecule is C[Si](C)=[Zr+2].C[Si](C)=[Zr+2].Cc1cc2c(-c3ccccc3)cccc2[cH-]1.Cc1cc2c(-c3ccccc3)cccc2[cH-]1.Cc1cc2c(-c3ccccc3)cccc2[cH-]1.Cc1cc2c(-c3ccccc3)cccc2[cH-]1.[Br-].[Br-]. The molecule has 0 saturated heterocycles. The molecule has 0 aromatic heterocycles. The van der Waals surface area contributed by atoms with E-state index in [2.05, 4.69) is 297 Å². The Bertz CT molecular complexity index is 3160. The Morgan fingerprint density at radius 3 is 0.622 bits per heavy atom. The fourth-order valence-electron chi connectivity index (χ4n) is 9.02. The Morgan fingerprint density at radius 2 is 0.446 bits per heavy atom. The van der Waals surface area contributed by atoms with Gasteiger partial charge in [0.15, 0.2) is 0 Å². The normalized spacial score (nSPS) is 10.1. The number of aryl methyl sites for hydroxylation is 4. The van der Waals surface area contributed by atoms with Gasteiger partial charge in [-0.15, -0.1) is 138 Å². The molecule has 0 saturated carbocycles. The zero-order valence-corrected chi connectivity index (χ0v) is 53.9. The van der Waals surface area contributed by atoms with Gasteiger partial charge in [-0.25, -0.2) is 0 Å². The van der Waals surface area contributed by atoms with Gasteiger partial charge >= 0.3 is 83.7 Å². The zero-order chi connectivity index (χ0) is 51.0. The summed E-state index contributed by atoms with van der Waals surface area (Å²) in [4.78, 5) is 0. The maximum atomic E-state index is 2.31. The van der Waals surface area contributed by atoms with Gasteiger partial charge in [0.1, 0.15) is 0 Å². The van der Waals surface area contributed by atoms with Crippen molar-refractivity contribution < 1.29 is 80.6 Å². The summed E-state index contributed by atoms with van der Waals surface area (Å²) in [5, 5.41) is 10.7. The number of halogens is 2. The monoisotopic (exact) mass is 1270 g/mol. The molecule has 368 valence electrons. The molecular weight excluding hydrogens is 1220 g/mol. The van der Waals surface area contributed by atoms with Crippen molar-refractivity contribution in [3.05, 3.63) is 265 Å². The molecule has 0 atom stereocenters. The van der Waals surface area contributed by atoms with Crippen molar-refractivity contribution in [3.8, 4) is 44.5 Å². The number of hydrogen-bond donors (Lipinski definition) is 0. The third-order valence-corrected chi connectivity index (χ3v) is 11.9. The fraction of sp³-hybridized carbons (Fsp3) is 0.118. The van der Waals surface area contributed by atoms with Gasteiger partial charge in [0, 0.05) is 0 Å². The van der Waals surface area contributed by atoms with Crippen molar-refractivity contribution in [1.29, 1.82) is 0 Å². The second-order valence-electron chi connectivity index (χ2n) is 18.8. The molecule has 0 amide bonds. The number of fused-ring (bicyclic) bond motifs is 4.